The van der Waals surface area contributed by atoms with Crippen molar-refractivity contribution in [2.75, 3.05) is 13.2 Å². The summed E-state index contributed by atoms with van der Waals surface area (Å²) >= 11 is 0. The van der Waals surface area contributed by atoms with Crippen LogP contribution in [-0.4, -0.2) is 23.4 Å². The molecule has 0 atom stereocenters. The fourth-order valence-electron chi connectivity index (χ4n) is 0.0354. The van der Waals surface area contributed by atoms with E-state index in [9.17, 15) is 0 Å². The predicted octanol–water partition coefficient (Wildman–Crippen LogP) is -0.639. The van der Waals surface area contributed by atoms with Crippen LogP contribution in [0, 0.1) is 0 Å². The SMILES string of the molecule is [2H]C([2H])(O)C([2H])([2H])CO. The molecule has 0 unspecified atom stereocenters. The molecule has 2 nitrogen and oxygen atoms in total. The lowest BCUT2D eigenvalue weighted by molar-refractivity contribution is 0.221. The Morgan fingerprint density at radius 3 is 2.20 bits per heavy atom. The van der Waals surface area contributed by atoms with Crippen LogP contribution in [0.5, 0.6) is 0 Å². The van der Waals surface area contributed by atoms with Crippen molar-refractivity contribution in [2.45, 2.75) is 6.37 Å². The van der Waals surface area contributed by atoms with Gasteiger partial charge in [-0.25, -0.2) is 0 Å². The van der Waals surface area contributed by atoms with Crippen LogP contribution in [0.1, 0.15) is 11.9 Å². The van der Waals surface area contributed by atoms with Crippen molar-refractivity contribution in [1.82, 2.24) is 0 Å². The predicted molar refractivity (Wildman–Crippen MR) is 18.8 cm³/mol. The van der Waals surface area contributed by atoms with E-state index in [-0.39, 0.29) is 0 Å². The fraction of sp³-hybridized carbons (Fsp3) is 1.00. The average Bonchev–Trinajstić information content (AvgIpc) is 1.64. The molecular weight excluding hydrogens is 68.0 g/mol. The number of aliphatic hydroxyl groups is 2. The van der Waals surface area contributed by atoms with Gasteiger partial charge in [-0.05, 0) is 6.37 Å². The Balaban J connectivity index is 4.14. The van der Waals surface area contributed by atoms with E-state index in [0.29, 0.717) is 0 Å². The van der Waals surface area contributed by atoms with Crippen LogP contribution in [-0.2, 0) is 0 Å². The van der Waals surface area contributed by atoms with Crippen molar-refractivity contribution >= 4 is 0 Å². The summed E-state index contributed by atoms with van der Waals surface area (Å²) in [5.41, 5.74) is 0. The Morgan fingerprint density at radius 1 is 1.60 bits per heavy atom. The zero-order valence-corrected chi connectivity index (χ0v) is 2.60. The molecule has 0 aromatic carbocycles. The summed E-state index contributed by atoms with van der Waals surface area (Å²) in [4.78, 5) is 0. The van der Waals surface area contributed by atoms with E-state index in [1.165, 1.54) is 0 Å². The molecule has 0 rings (SSSR count). The monoisotopic (exact) mass is 80.1 g/mol. The number of hydrogen-bond acceptors (Lipinski definition) is 2. The van der Waals surface area contributed by atoms with Gasteiger partial charge in [0.15, 0.2) is 0 Å². The molecule has 0 bridgehead atoms. The van der Waals surface area contributed by atoms with E-state index in [1.807, 2.05) is 0 Å². The molecule has 0 saturated heterocycles. The quantitative estimate of drug-likeness (QED) is 0.463. The fourth-order valence-corrected chi connectivity index (χ4v) is 0.0354. The lowest BCUT2D eigenvalue weighted by Gasteiger charge is -1.79. The van der Waals surface area contributed by atoms with Gasteiger partial charge in [0, 0.05) is 15.9 Å². The van der Waals surface area contributed by atoms with Gasteiger partial charge in [-0.1, -0.05) is 0 Å². The lowest BCUT2D eigenvalue weighted by atomic mass is 10.5. The molecule has 0 aliphatic carbocycles. The highest BCUT2D eigenvalue weighted by atomic mass is 16.3. The molecule has 0 saturated carbocycles. The maximum atomic E-state index is 8.34. The van der Waals surface area contributed by atoms with E-state index in [1.54, 1.807) is 0 Å². The molecule has 0 aliphatic rings. The number of aliphatic hydroxyl groups excluding tert-OH is 1. The molecule has 0 fully saturated rings. The van der Waals surface area contributed by atoms with Crippen LogP contribution >= 0.6 is 0 Å². The van der Waals surface area contributed by atoms with E-state index < -0.39 is 19.5 Å². The third-order valence-electron chi connectivity index (χ3n) is 0.158. The van der Waals surface area contributed by atoms with Crippen LogP contribution in [0.15, 0.2) is 0 Å². The van der Waals surface area contributed by atoms with Crippen molar-refractivity contribution in [3.05, 3.63) is 0 Å². The second-order valence-corrected chi connectivity index (χ2v) is 0.447. The molecule has 0 heterocycles. The number of rotatable bonds is 2. The maximum absolute atomic E-state index is 8.34. The van der Waals surface area contributed by atoms with Crippen molar-refractivity contribution in [2.24, 2.45) is 0 Å². The molecule has 0 spiro atoms. The van der Waals surface area contributed by atoms with Gasteiger partial charge < -0.3 is 10.2 Å². The van der Waals surface area contributed by atoms with Gasteiger partial charge in [0.05, 0.1) is 2.74 Å². The van der Waals surface area contributed by atoms with Gasteiger partial charge >= 0.3 is 0 Å². The van der Waals surface area contributed by atoms with E-state index in [4.69, 9.17) is 15.7 Å². The molecule has 0 aromatic heterocycles. The normalized spacial score (nSPS) is 26.0. The Hall–Kier alpha value is -0.0800. The Bertz CT molecular complexity index is 96.5. The van der Waals surface area contributed by atoms with Crippen LogP contribution in [0.2, 0.25) is 0 Å². The minimum atomic E-state index is -2.97. The molecule has 5 heavy (non-hydrogen) atoms. The summed E-state index contributed by atoms with van der Waals surface area (Å²) in [5.74, 6) is 0. The Morgan fingerprint density at radius 2 is 2.20 bits per heavy atom. The molecule has 0 aromatic rings. The highest BCUT2D eigenvalue weighted by Crippen LogP contribution is 1.65. The first-order valence-electron chi connectivity index (χ1n) is 3.14. The van der Waals surface area contributed by atoms with Crippen molar-refractivity contribution < 1.29 is 15.7 Å². The summed E-state index contributed by atoms with van der Waals surface area (Å²) in [6.45, 7) is -4.00. The van der Waals surface area contributed by atoms with E-state index >= 15 is 0 Å². The molecular formula is C3H8O2. The third kappa shape index (κ3) is 3.92. The first kappa shape index (κ1) is 1.21. The van der Waals surface area contributed by atoms with E-state index in [2.05, 4.69) is 0 Å². The standard InChI is InChI=1S/C3H8O2/c4-2-1-3-5/h4-5H,1-3H2/i1D2,2D2. The van der Waals surface area contributed by atoms with Crippen LogP contribution in [0.25, 0.3) is 0 Å². The second kappa shape index (κ2) is 3.92. The summed E-state index contributed by atoms with van der Waals surface area (Å²) in [6, 6.07) is 0. The highest BCUT2D eigenvalue weighted by molar-refractivity contribution is 4.22. The third-order valence-corrected chi connectivity index (χ3v) is 0.158. The highest BCUT2D eigenvalue weighted by Gasteiger charge is 1.70. The van der Waals surface area contributed by atoms with Crippen molar-refractivity contribution in [3.8, 4) is 0 Å². The zero-order valence-electron chi connectivity index (χ0n) is 6.60. The minimum Gasteiger partial charge on any atom is -0.396 e. The van der Waals surface area contributed by atoms with Gasteiger partial charge in [-0.2, -0.15) is 0 Å². The minimum absolute atomic E-state index is 1.03. The largest absolute Gasteiger partial charge is 0.396 e. The molecule has 0 amide bonds. The molecule has 2 heteroatoms. The summed E-state index contributed by atoms with van der Waals surface area (Å²) in [5, 5.41) is 16.5. The number of hydrogen-bond donors (Lipinski definition) is 2. The second-order valence-electron chi connectivity index (χ2n) is 0.447. The average molecular weight is 80.1 g/mol. The Kier molecular flexibility index (Phi) is 0.945. The maximum Gasteiger partial charge on any atom is 0.0565 e. The van der Waals surface area contributed by atoms with E-state index in [0.717, 1.165) is 0 Å². The summed E-state index contributed by atoms with van der Waals surface area (Å²) < 4.78 is 26.1. The van der Waals surface area contributed by atoms with Gasteiger partial charge in [0.1, 0.15) is 0 Å². The van der Waals surface area contributed by atoms with Crippen LogP contribution in [0.3, 0.4) is 0 Å². The van der Waals surface area contributed by atoms with Crippen LogP contribution in [0.4, 0.5) is 0 Å². The van der Waals surface area contributed by atoms with Gasteiger partial charge in [-0.3, -0.25) is 0 Å². The molecule has 2 N–H and O–H groups in total. The summed E-state index contributed by atoms with van der Waals surface area (Å²) in [7, 11) is 0. The molecule has 0 aliphatic heterocycles. The van der Waals surface area contributed by atoms with Crippen molar-refractivity contribution in [1.29, 1.82) is 0 Å². The summed E-state index contributed by atoms with van der Waals surface area (Å²) in [6.07, 6.45) is -2.58. The van der Waals surface area contributed by atoms with Crippen molar-refractivity contribution in [3.63, 3.8) is 0 Å². The van der Waals surface area contributed by atoms with Crippen LogP contribution < -0.4 is 0 Å². The molecule has 32 valence electrons. The Labute approximate surface area is 36.7 Å². The zero-order chi connectivity index (χ0) is 7.71. The molecule has 0 radical (unpaired) electrons. The first-order chi connectivity index (χ1) is 3.81. The van der Waals surface area contributed by atoms with Gasteiger partial charge in [0.25, 0.3) is 0 Å². The van der Waals surface area contributed by atoms with Gasteiger partial charge in [-0.15, -0.1) is 0 Å². The smallest absolute Gasteiger partial charge is 0.0565 e. The lowest BCUT2D eigenvalue weighted by Crippen LogP contribution is -1.85. The van der Waals surface area contributed by atoms with Gasteiger partial charge in [0.2, 0.25) is 0 Å². The first-order valence-corrected chi connectivity index (χ1v) is 1.14. The topological polar surface area (TPSA) is 40.5 Å².